The Balaban J connectivity index is 1.91. The maximum absolute atomic E-state index is 12.6. The Labute approximate surface area is 169 Å². The SMILES string of the molecule is CCCNC(=O)CNC(=O)COC(=O)[C@H](Sc1ccccc1)c1ccccc1. The summed E-state index contributed by atoms with van der Waals surface area (Å²) < 4.78 is 5.20. The molecule has 1 atom stereocenters. The van der Waals surface area contributed by atoms with E-state index in [-0.39, 0.29) is 12.5 Å². The van der Waals surface area contributed by atoms with Crippen LogP contribution in [0.4, 0.5) is 0 Å². The third-order valence-electron chi connectivity index (χ3n) is 3.68. The second kappa shape index (κ2) is 11.8. The van der Waals surface area contributed by atoms with Crippen molar-refractivity contribution in [3.63, 3.8) is 0 Å². The third kappa shape index (κ3) is 7.44. The fraction of sp³-hybridized carbons (Fsp3) is 0.286. The van der Waals surface area contributed by atoms with E-state index in [4.69, 9.17) is 4.74 Å². The zero-order valence-corrected chi connectivity index (χ0v) is 16.5. The van der Waals surface area contributed by atoms with E-state index in [2.05, 4.69) is 10.6 Å². The Morgan fingerprint density at radius 3 is 2.21 bits per heavy atom. The van der Waals surface area contributed by atoms with Gasteiger partial charge < -0.3 is 15.4 Å². The van der Waals surface area contributed by atoms with Gasteiger partial charge in [-0.05, 0) is 24.1 Å². The number of ether oxygens (including phenoxy) is 1. The number of amides is 2. The summed E-state index contributed by atoms with van der Waals surface area (Å²) in [6.45, 7) is 1.92. The van der Waals surface area contributed by atoms with Crippen LogP contribution in [0.3, 0.4) is 0 Å². The lowest BCUT2D eigenvalue weighted by atomic mass is 10.1. The summed E-state index contributed by atoms with van der Waals surface area (Å²) in [5, 5.41) is 4.50. The summed E-state index contributed by atoms with van der Waals surface area (Å²) in [6, 6.07) is 18.8. The molecule has 0 aliphatic heterocycles. The summed E-state index contributed by atoms with van der Waals surface area (Å²) >= 11 is 1.36. The predicted octanol–water partition coefficient (Wildman–Crippen LogP) is 2.71. The number of esters is 1. The van der Waals surface area contributed by atoms with Crippen LogP contribution in [0, 0.1) is 0 Å². The van der Waals surface area contributed by atoms with E-state index in [1.807, 2.05) is 67.6 Å². The Hall–Kier alpha value is -2.80. The average molecular weight is 401 g/mol. The quantitative estimate of drug-likeness (QED) is 0.473. The van der Waals surface area contributed by atoms with Crippen LogP contribution < -0.4 is 10.6 Å². The molecule has 0 heterocycles. The molecular formula is C21H24N2O4S. The summed E-state index contributed by atoms with van der Waals surface area (Å²) in [5.41, 5.74) is 0.792. The Morgan fingerprint density at radius 2 is 1.57 bits per heavy atom. The van der Waals surface area contributed by atoms with Gasteiger partial charge in [-0.25, -0.2) is 0 Å². The molecule has 2 aromatic rings. The van der Waals surface area contributed by atoms with Crippen molar-refractivity contribution < 1.29 is 19.1 Å². The van der Waals surface area contributed by atoms with Crippen LogP contribution in [0.15, 0.2) is 65.6 Å². The highest BCUT2D eigenvalue weighted by Gasteiger charge is 2.24. The van der Waals surface area contributed by atoms with Gasteiger partial charge in [-0.15, -0.1) is 11.8 Å². The second-order valence-electron chi connectivity index (χ2n) is 5.96. The fourth-order valence-electron chi connectivity index (χ4n) is 2.28. The van der Waals surface area contributed by atoms with Crippen molar-refractivity contribution in [2.75, 3.05) is 19.7 Å². The molecule has 0 aliphatic rings. The lowest BCUT2D eigenvalue weighted by Gasteiger charge is -2.16. The summed E-state index contributed by atoms with van der Waals surface area (Å²) in [6.07, 6.45) is 0.817. The third-order valence-corrected chi connectivity index (χ3v) is 4.92. The van der Waals surface area contributed by atoms with Crippen molar-refractivity contribution >= 4 is 29.5 Å². The van der Waals surface area contributed by atoms with Gasteiger partial charge in [-0.2, -0.15) is 0 Å². The first-order valence-corrected chi connectivity index (χ1v) is 9.94. The lowest BCUT2D eigenvalue weighted by Crippen LogP contribution is -2.39. The van der Waals surface area contributed by atoms with Gasteiger partial charge in [0.1, 0.15) is 5.25 Å². The van der Waals surface area contributed by atoms with E-state index in [9.17, 15) is 14.4 Å². The maximum atomic E-state index is 12.6. The zero-order valence-electron chi connectivity index (χ0n) is 15.7. The standard InChI is InChI=1S/C21H24N2O4S/c1-2-13-22-18(24)14-23-19(25)15-27-21(26)20(16-9-5-3-6-10-16)28-17-11-7-4-8-12-17/h3-12,20H,2,13-15H2,1H3,(H,22,24)(H,23,25)/t20-/m1/s1. The van der Waals surface area contributed by atoms with Gasteiger partial charge in [0.05, 0.1) is 6.54 Å². The first-order valence-electron chi connectivity index (χ1n) is 9.07. The number of nitrogens with one attached hydrogen (secondary N) is 2. The first kappa shape index (κ1) is 21.5. The van der Waals surface area contributed by atoms with Crippen LogP contribution in [-0.4, -0.2) is 37.5 Å². The highest BCUT2D eigenvalue weighted by atomic mass is 32.2. The molecule has 6 nitrogen and oxygen atoms in total. The molecule has 0 aliphatic carbocycles. The van der Waals surface area contributed by atoms with Crippen molar-refractivity contribution in [2.24, 2.45) is 0 Å². The number of carbonyl (C=O) groups excluding carboxylic acids is 3. The van der Waals surface area contributed by atoms with E-state index in [0.29, 0.717) is 6.54 Å². The van der Waals surface area contributed by atoms with Gasteiger partial charge >= 0.3 is 5.97 Å². The van der Waals surface area contributed by atoms with E-state index in [0.717, 1.165) is 16.9 Å². The van der Waals surface area contributed by atoms with Crippen molar-refractivity contribution in [3.8, 4) is 0 Å². The van der Waals surface area contributed by atoms with Gasteiger partial charge in [0.25, 0.3) is 5.91 Å². The van der Waals surface area contributed by atoms with Crippen LogP contribution in [-0.2, 0) is 19.1 Å². The maximum Gasteiger partial charge on any atom is 0.324 e. The molecule has 2 aromatic carbocycles. The van der Waals surface area contributed by atoms with Gasteiger partial charge in [-0.3, -0.25) is 14.4 Å². The molecule has 0 aromatic heterocycles. The van der Waals surface area contributed by atoms with E-state index < -0.39 is 23.7 Å². The largest absolute Gasteiger partial charge is 0.454 e. The number of rotatable bonds is 10. The Morgan fingerprint density at radius 1 is 0.929 bits per heavy atom. The molecule has 0 unspecified atom stereocenters. The van der Waals surface area contributed by atoms with Crippen LogP contribution >= 0.6 is 11.8 Å². The van der Waals surface area contributed by atoms with E-state index >= 15 is 0 Å². The topological polar surface area (TPSA) is 84.5 Å². The minimum atomic E-state index is -0.593. The normalized spacial score (nSPS) is 11.3. The number of thioether (sulfide) groups is 1. The minimum Gasteiger partial charge on any atom is -0.454 e. The number of carbonyl (C=O) groups is 3. The van der Waals surface area contributed by atoms with Gasteiger partial charge in [0.2, 0.25) is 5.91 Å². The molecule has 2 rings (SSSR count). The predicted molar refractivity (Wildman–Crippen MR) is 109 cm³/mol. The summed E-state index contributed by atoms with van der Waals surface area (Å²) in [5.74, 6) is -1.30. The molecule has 0 radical (unpaired) electrons. The molecule has 7 heteroatoms. The molecule has 0 spiro atoms. The molecule has 0 fully saturated rings. The van der Waals surface area contributed by atoms with E-state index in [1.165, 1.54) is 11.8 Å². The van der Waals surface area contributed by atoms with Crippen molar-refractivity contribution in [2.45, 2.75) is 23.5 Å². The van der Waals surface area contributed by atoms with Crippen molar-refractivity contribution in [1.29, 1.82) is 0 Å². The molecule has 2 amide bonds. The number of hydrogen-bond acceptors (Lipinski definition) is 5. The number of hydrogen-bond donors (Lipinski definition) is 2. The highest BCUT2D eigenvalue weighted by Crippen LogP contribution is 2.36. The summed E-state index contributed by atoms with van der Waals surface area (Å²) in [7, 11) is 0. The summed E-state index contributed by atoms with van der Waals surface area (Å²) in [4.78, 5) is 36.9. The number of benzene rings is 2. The molecule has 0 saturated heterocycles. The Kier molecular flexibility index (Phi) is 9.07. The Bertz CT molecular complexity index is 768. The van der Waals surface area contributed by atoms with Crippen LogP contribution in [0.5, 0.6) is 0 Å². The average Bonchev–Trinajstić information content (AvgIpc) is 2.74. The van der Waals surface area contributed by atoms with Gasteiger partial charge in [0.15, 0.2) is 6.61 Å². The molecule has 2 N–H and O–H groups in total. The monoisotopic (exact) mass is 400 g/mol. The van der Waals surface area contributed by atoms with Crippen molar-refractivity contribution in [1.82, 2.24) is 10.6 Å². The van der Waals surface area contributed by atoms with Crippen molar-refractivity contribution in [3.05, 3.63) is 66.2 Å². The second-order valence-corrected chi connectivity index (χ2v) is 7.13. The van der Waals surface area contributed by atoms with Crippen LogP contribution in [0.2, 0.25) is 0 Å². The van der Waals surface area contributed by atoms with E-state index in [1.54, 1.807) is 0 Å². The van der Waals surface area contributed by atoms with Crippen LogP contribution in [0.25, 0.3) is 0 Å². The highest BCUT2D eigenvalue weighted by molar-refractivity contribution is 8.00. The van der Waals surface area contributed by atoms with Gasteiger partial charge in [-0.1, -0.05) is 55.5 Å². The zero-order chi connectivity index (χ0) is 20.2. The first-order chi connectivity index (χ1) is 13.6. The smallest absolute Gasteiger partial charge is 0.324 e. The molecular weight excluding hydrogens is 376 g/mol. The molecule has 148 valence electrons. The minimum absolute atomic E-state index is 0.142. The fourth-order valence-corrected chi connectivity index (χ4v) is 3.33. The molecule has 0 bridgehead atoms. The molecule has 0 saturated carbocycles. The van der Waals surface area contributed by atoms with Gasteiger partial charge in [0, 0.05) is 11.4 Å². The molecule has 28 heavy (non-hydrogen) atoms. The van der Waals surface area contributed by atoms with Crippen LogP contribution in [0.1, 0.15) is 24.2 Å². The lowest BCUT2D eigenvalue weighted by molar-refractivity contribution is -0.148.